The summed E-state index contributed by atoms with van der Waals surface area (Å²) in [7, 11) is 4.36. The highest BCUT2D eigenvalue weighted by Crippen LogP contribution is 2.29. The summed E-state index contributed by atoms with van der Waals surface area (Å²) in [5.41, 5.74) is -0.206. The third-order valence-corrected chi connectivity index (χ3v) is 6.23. The van der Waals surface area contributed by atoms with E-state index in [0.29, 0.717) is 11.3 Å². The van der Waals surface area contributed by atoms with Crippen LogP contribution in [0.5, 0.6) is 0 Å². The van der Waals surface area contributed by atoms with Gasteiger partial charge in [-0.3, -0.25) is 14.4 Å². The van der Waals surface area contributed by atoms with Gasteiger partial charge in [-0.2, -0.15) is 0 Å². The molecule has 3 rings (SSSR count). The lowest BCUT2D eigenvalue weighted by atomic mass is 9.87. The highest BCUT2D eigenvalue weighted by atomic mass is 19.2. The summed E-state index contributed by atoms with van der Waals surface area (Å²) in [4.78, 5) is 58.6. The second-order valence-corrected chi connectivity index (χ2v) is 11.2. The number of carbonyl (C=O) groups is 3. The van der Waals surface area contributed by atoms with Gasteiger partial charge in [0, 0.05) is 31.9 Å². The number of carbonyl (C=O) groups excluding carboxylic acids is 3. The summed E-state index contributed by atoms with van der Waals surface area (Å²) in [6, 6.07) is 2.92. The van der Waals surface area contributed by atoms with Gasteiger partial charge in [-0.15, -0.1) is 0 Å². The fourth-order valence-electron chi connectivity index (χ4n) is 4.18. The van der Waals surface area contributed by atoms with E-state index in [0.717, 1.165) is 13.2 Å². The van der Waals surface area contributed by atoms with Crippen LogP contribution >= 0.6 is 0 Å². The quantitative estimate of drug-likeness (QED) is 0.310. The minimum atomic E-state index is -1.06. The van der Waals surface area contributed by atoms with E-state index >= 15 is 0 Å². The van der Waals surface area contributed by atoms with Gasteiger partial charge in [0.2, 0.25) is 11.8 Å². The minimum absolute atomic E-state index is 0.0564. The molecule has 226 valence electrons. The van der Waals surface area contributed by atoms with Crippen molar-refractivity contribution < 1.29 is 27.9 Å². The highest BCUT2D eigenvalue weighted by molar-refractivity contribution is 5.96. The smallest absolute Gasteiger partial charge is 0.407 e. The van der Waals surface area contributed by atoms with Crippen LogP contribution in [0.15, 0.2) is 41.3 Å². The first-order valence-electron chi connectivity index (χ1n) is 13.3. The normalized spacial score (nSPS) is 12.4. The third kappa shape index (κ3) is 8.24. The average molecular weight is 587 g/mol. The van der Waals surface area contributed by atoms with Crippen molar-refractivity contribution in [2.45, 2.75) is 52.6 Å². The second kappa shape index (κ2) is 13.4. The lowest BCUT2D eigenvalue weighted by Gasteiger charge is -2.18. The standard InChI is InChI=1S/C29H36F2N6O5/c1-29(2,3)15-17-24(31)18(30)14-21-25(17)35-22(32-21)16-37-13-9-11-20(27(37)40)33-26(39)19(34-28(41)42-6)10-7-8-12-23(38)36(4)5/h8-9,11-14,19H,7,10,15-16H2,1-6H3,(H,32,35)(H,33,39)(H,34,41)/b12-8+/t19-/m0/s1. The zero-order valence-electron chi connectivity index (χ0n) is 24.5. The Labute approximate surface area is 241 Å². The van der Waals surface area contributed by atoms with Crippen LogP contribution in [0.1, 0.15) is 45.0 Å². The fourth-order valence-corrected chi connectivity index (χ4v) is 4.18. The number of aromatic amines is 1. The molecule has 0 bridgehead atoms. The number of benzene rings is 1. The van der Waals surface area contributed by atoms with E-state index in [9.17, 15) is 28.0 Å². The molecule has 2 heterocycles. The Hall–Kier alpha value is -4.55. The molecule has 0 unspecified atom stereocenters. The molecule has 2 aromatic heterocycles. The van der Waals surface area contributed by atoms with Gasteiger partial charge in [-0.05, 0) is 42.9 Å². The number of allylic oxidation sites excluding steroid dienone is 1. The first kappa shape index (κ1) is 32.0. The summed E-state index contributed by atoms with van der Waals surface area (Å²) >= 11 is 0. The summed E-state index contributed by atoms with van der Waals surface area (Å²) in [5.74, 6) is -2.54. The number of amides is 3. The van der Waals surface area contributed by atoms with Gasteiger partial charge in [-0.1, -0.05) is 26.8 Å². The molecule has 3 aromatic rings. The number of nitrogens with zero attached hydrogens (tertiary/aromatic N) is 3. The first-order valence-corrected chi connectivity index (χ1v) is 13.3. The summed E-state index contributed by atoms with van der Waals surface area (Å²) < 4.78 is 34.9. The maximum atomic E-state index is 14.7. The van der Waals surface area contributed by atoms with Crippen LogP contribution in [-0.4, -0.2) is 64.6 Å². The number of hydrogen-bond donors (Lipinski definition) is 3. The molecule has 42 heavy (non-hydrogen) atoms. The Balaban J connectivity index is 1.82. The Morgan fingerprint density at radius 2 is 1.95 bits per heavy atom. The summed E-state index contributed by atoms with van der Waals surface area (Å²) in [5, 5.41) is 4.97. The number of nitrogens with one attached hydrogen (secondary N) is 3. The van der Waals surface area contributed by atoms with Gasteiger partial charge < -0.3 is 29.8 Å². The van der Waals surface area contributed by atoms with Gasteiger partial charge >= 0.3 is 6.09 Å². The Kier molecular flexibility index (Phi) is 10.2. The molecule has 13 heteroatoms. The minimum Gasteiger partial charge on any atom is -0.453 e. The predicted molar refractivity (Wildman–Crippen MR) is 154 cm³/mol. The fraction of sp³-hybridized carbons (Fsp3) is 0.414. The molecule has 11 nitrogen and oxygen atoms in total. The molecular weight excluding hydrogens is 550 g/mol. The van der Waals surface area contributed by atoms with Gasteiger partial charge in [0.25, 0.3) is 5.56 Å². The molecule has 0 spiro atoms. The number of alkyl carbamates (subject to hydrolysis) is 1. The Morgan fingerprint density at radius 3 is 2.60 bits per heavy atom. The van der Waals surface area contributed by atoms with Crippen LogP contribution in [0, 0.1) is 17.0 Å². The number of methoxy groups -OCH3 is 1. The van der Waals surface area contributed by atoms with Crippen molar-refractivity contribution in [1.82, 2.24) is 24.8 Å². The third-order valence-electron chi connectivity index (χ3n) is 6.23. The lowest BCUT2D eigenvalue weighted by Crippen LogP contribution is -2.44. The van der Waals surface area contributed by atoms with Crippen molar-refractivity contribution in [2.75, 3.05) is 26.5 Å². The molecule has 1 aromatic carbocycles. The Bertz CT molecular complexity index is 1550. The molecule has 0 saturated heterocycles. The zero-order valence-corrected chi connectivity index (χ0v) is 24.5. The number of ether oxygens (including phenoxy) is 1. The van der Waals surface area contributed by atoms with Crippen LogP contribution in [-0.2, 0) is 27.3 Å². The predicted octanol–water partition coefficient (Wildman–Crippen LogP) is 3.73. The van der Waals surface area contributed by atoms with E-state index in [-0.39, 0.29) is 53.9 Å². The number of H-pyrrole nitrogens is 1. The molecule has 0 radical (unpaired) electrons. The molecule has 1 atom stereocenters. The maximum absolute atomic E-state index is 14.7. The summed E-state index contributed by atoms with van der Waals surface area (Å²) in [6.07, 6.45) is 4.25. The van der Waals surface area contributed by atoms with Crippen molar-refractivity contribution in [3.8, 4) is 0 Å². The number of pyridine rings is 1. The van der Waals surface area contributed by atoms with Crippen molar-refractivity contribution in [2.24, 2.45) is 5.41 Å². The van der Waals surface area contributed by atoms with Crippen molar-refractivity contribution in [3.63, 3.8) is 0 Å². The van der Waals surface area contributed by atoms with E-state index in [2.05, 4.69) is 25.3 Å². The number of halogens is 2. The number of fused-ring (bicyclic) bond motifs is 1. The largest absolute Gasteiger partial charge is 0.453 e. The van der Waals surface area contributed by atoms with Crippen molar-refractivity contribution in [1.29, 1.82) is 0 Å². The molecule has 3 N–H and O–H groups in total. The van der Waals surface area contributed by atoms with Gasteiger partial charge in [0.1, 0.15) is 17.6 Å². The average Bonchev–Trinajstić information content (AvgIpc) is 3.31. The van der Waals surface area contributed by atoms with Crippen molar-refractivity contribution >= 4 is 34.6 Å². The zero-order chi connectivity index (χ0) is 31.2. The molecule has 0 fully saturated rings. The van der Waals surface area contributed by atoms with Crippen LogP contribution in [0.4, 0.5) is 19.3 Å². The number of likely N-dealkylation sites (N-methyl/N-ethyl adjacent to an activating group) is 1. The van der Waals surface area contributed by atoms with Crippen molar-refractivity contribution in [3.05, 3.63) is 69.9 Å². The number of anilines is 1. The van der Waals surface area contributed by atoms with E-state index < -0.39 is 35.2 Å². The molecule has 3 amide bonds. The first-order chi connectivity index (χ1) is 19.7. The van der Waals surface area contributed by atoms with Crippen LogP contribution < -0.4 is 16.2 Å². The molecule has 0 aliphatic carbocycles. The van der Waals surface area contributed by atoms with Crippen LogP contribution in [0.2, 0.25) is 0 Å². The monoisotopic (exact) mass is 586 g/mol. The summed E-state index contributed by atoms with van der Waals surface area (Å²) in [6.45, 7) is 5.66. The van der Waals surface area contributed by atoms with E-state index in [4.69, 9.17) is 0 Å². The molecule has 0 saturated carbocycles. The lowest BCUT2D eigenvalue weighted by molar-refractivity contribution is -0.123. The number of aromatic nitrogens is 3. The molecular formula is C29H36F2N6O5. The van der Waals surface area contributed by atoms with E-state index in [1.165, 1.54) is 27.8 Å². The molecule has 0 aliphatic heterocycles. The van der Waals surface area contributed by atoms with Gasteiger partial charge in [0.05, 0.1) is 24.7 Å². The Morgan fingerprint density at radius 1 is 1.24 bits per heavy atom. The second-order valence-electron chi connectivity index (χ2n) is 11.2. The number of hydrogen-bond acceptors (Lipinski definition) is 6. The maximum Gasteiger partial charge on any atom is 0.407 e. The van der Waals surface area contributed by atoms with Crippen LogP contribution in [0.3, 0.4) is 0 Å². The van der Waals surface area contributed by atoms with Gasteiger partial charge in [-0.25, -0.2) is 18.6 Å². The molecule has 0 aliphatic rings. The van der Waals surface area contributed by atoms with E-state index in [1.807, 2.05) is 20.8 Å². The topological polar surface area (TPSA) is 138 Å². The van der Waals surface area contributed by atoms with Gasteiger partial charge in [0.15, 0.2) is 11.6 Å². The SMILES string of the molecule is COC(=O)N[C@@H](CC/C=C/C(=O)N(C)C)C(=O)Nc1cccn(Cc2nc3c(CC(C)(C)C)c(F)c(F)cc3[nH]2)c1=O. The number of imidazole rings is 1. The highest BCUT2D eigenvalue weighted by Gasteiger charge is 2.24. The number of rotatable bonds is 10. The van der Waals surface area contributed by atoms with Crippen LogP contribution in [0.25, 0.3) is 11.0 Å². The van der Waals surface area contributed by atoms with E-state index in [1.54, 1.807) is 26.2 Å².